The number of amides is 1. The van der Waals surface area contributed by atoms with E-state index in [1.165, 1.54) is 4.90 Å². The van der Waals surface area contributed by atoms with Gasteiger partial charge in [-0.05, 0) is 37.0 Å². The fraction of sp³-hybridized carbons (Fsp3) is 0.500. The number of hydrogen-bond acceptors (Lipinski definition) is 6. The van der Waals surface area contributed by atoms with Crippen molar-refractivity contribution < 1.29 is 22.1 Å². The van der Waals surface area contributed by atoms with Gasteiger partial charge in [-0.25, -0.2) is 17.9 Å². The van der Waals surface area contributed by atoms with Crippen LogP contribution in [-0.4, -0.2) is 42.5 Å². The molecule has 1 aromatic heterocycles. The quantitative estimate of drug-likeness (QED) is 0.806. The molecule has 10 heteroatoms. The lowest BCUT2D eigenvalue weighted by atomic mass is 9.97. The SMILES string of the molecule is CC(C)Cc1noc(C2CCCN(C(=O)c3cc(S(N)(=O)=O)ccc3F)C2)n1. The number of likely N-dealkylation sites (tertiary alicyclic amines) is 1. The maximum atomic E-state index is 14.2. The lowest BCUT2D eigenvalue weighted by Crippen LogP contribution is -2.39. The van der Waals surface area contributed by atoms with Gasteiger partial charge in [-0.2, -0.15) is 4.98 Å². The molecule has 1 atom stereocenters. The first-order valence-corrected chi connectivity index (χ1v) is 10.6. The lowest BCUT2D eigenvalue weighted by molar-refractivity contribution is 0.0690. The Morgan fingerprint density at radius 3 is 2.86 bits per heavy atom. The average molecular weight is 410 g/mol. The number of hydrogen-bond donors (Lipinski definition) is 1. The van der Waals surface area contributed by atoms with Gasteiger partial charge in [-0.15, -0.1) is 0 Å². The summed E-state index contributed by atoms with van der Waals surface area (Å²) in [6.45, 7) is 4.84. The van der Waals surface area contributed by atoms with E-state index in [0.717, 1.165) is 24.6 Å². The second kappa shape index (κ2) is 7.96. The number of primary sulfonamides is 1. The van der Waals surface area contributed by atoms with Gasteiger partial charge in [0, 0.05) is 19.5 Å². The predicted octanol–water partition coefficient (Wildman–Crippen LogP) is 2.07. The number of carbonyl (C=O) groups excluding carboxylic acids is 1. The third-order valence-electron chi connectivity index (χ3n) is 4.63. The van der Waals surface area contributed by atoms with E-state index in [4.69, 9.17) is 9.66 Å². The topological polar surface area (TPSA) is 119 Å². The zero-order chi connectivity index (χ0) is 20.5. The van der Waals surface area contributed by atoms with E-state index in [1.807, 2.05) is 0 Å². The fourth-order valence-corrected chi connectivity index (χ4v) is 3.80. The monoisotopic (exact) mass is 410 g/mol. The lowest BCUT2D eigenvalue weighted by Gasteiger charge is -2.31. The maximum absolute atomic E-state index is 14.2. The van der Waals surface area contributed by atoms with Crippen LogP contribution < -0.4 is 5.14 Å². The third kappa shape index (κ3) is 4.56. The molecular formula is C18H23FN4O4S. The van der Waals surface area contributed by atoms with Crippen LogP contribution >= 0.6 is 0 Å². The minimum atomic E-state index is -4.04. The predicted molar refractivity (Wildman–Crippen MR) is 98.5 cm³/mol. The number of halogens is 1. The van der Waals surface area contributed by atoms with Crippen molar-refractivity contribution in [1.29, 1.82) is 0 Å². The van der Waals surface area contributed by atoms with Gasteiger partial charge in [0.05, 0.1) is 16.4 Å². The molecule has 0 saturated carbocycles. The van der Waals surface area contributed by atoms with Crippen LogP contribution in [0, 0.1) is 11.7 Å². The first-order valence-electron chi connectivity index (χ1n) is 9.09. The zero-order valence-corrected chi connectivity index (χ0v) is 16.6. The highest BCUT2D eigenvalue weighted by atomic mass is 32.2. The Morgan fingerprint density at radius 2 is 2.18 bits per heavy atom. The van der Waals surface area contributed by atoms with Crippen LogP contribution in [0.2, 0.25) is 0 Å². The van der Waals surface area contributed by atoms with Crippen LogP contribution in [0.3, 0.4) is 0 Å². The van der Waals surface area contributed by atoms with Gasteiger partial charge in [0.25, 0.3) is 5.91 Å². The van der Waals surface area contributed by atoms with Gasteiger partial charge in [-0.3, -0.25) is 4.79 Å². The molecule has 0 spiro atoms. The van der Waals surface area contributed by atoms with Crippen molar-refractivity contribution in [2.24, 2.45) is 11.1 Å². The molecule has 2 heterocycles. The average Bonchev–Trinajstić information content (AvgIpc) is 3.08. The van der Waals surface area contributed by atoms with Crippen molar-refractivity contribution >= 4 is 15.9 Å². The van der Waals surface area contributed by atoms with Gasteiger partial charge in [0.2, 0.25) is 15.9 Å². The van der Waals surface area contributed by atoms with Crippen LogP contribution in [0.25, 0.3) is 0 Å². The first kappa shape index (κ1) is 20.4. The number of sulfonamides is 1. The molecule has 1 saturated heterocycles. The number of carbonyl (C=O) groups is 1. The van der Waals surface area contributed by atoms with Crippen LogP contribution in [0.15, 0.2) is 27.6 Å². The van der Waals surface area contributed by atoms with Crippen molar-refractivity contribution in [1.82, 2.24) is 15.0 Å². The second-order valence-corrected chi connectivity index (χ2v) is 8.99. The summed E-state index contributed by atoms with van der Waals surface area (Å²) in [7, 11) is -4.04. The summed E-state index contributed by atoms with van der Waals surface area (Å²) in [6.07, 6.45) is 2.16. The highest BCUT2D eigenvalue weighted by molar-refractivity contribution is 7.89. The summed E-state index contributed by atoms with van der Waals surface area (Å²) in [6, 6.07) is 2.95. The van der Waals surface area contributed by atoms with E-state index < -0.39 is 21.7 Å². The van der Waals surface area contributed by atoms with Crippen LogP contribution in [0.4, 0.5) is 4.39 Å². The Balaban J connectivity index is 1.79. The van der Waals surface area contributed by atoms with E-state index >= 15 is 0 Å². The van der Waals surface area contributed by atoms with Crippen molar-refractivity contribution in [2.75, 3.05) is 13.1 Å². The Bertz CT molecular complexity index is 974. The summed E-state index contributed by atoms with van der Waals surface area (Å²) in [5, 5.41) is 9.07. The van der Waals surface area contributed by atoms with Crippen molar-refractivity contribution in [3.05, 3.63) is 41.3 Å². The number of rotatable bonds is 5. The molecule has 152 valence electrons. The molecule has 1 aliphatic heterocycles. The molecule has 2 aromatic rings. The van der Waals surface area contributed by atoms with Crippen LogP contribution in [0.5, 0.6) is 0 Å². The number of piperidine rings is 1. The number of benzene rings is 1. The first-order chi connectivity index (χ1) is 13.1. The summed E-state index contributed by atoms with van der Waals surface area (Å²) in [5.41, 5.74) is -0.321. The minimum Gasteiger partial charge on any atom is -0.339 e. The zero-order valence-electron chi connectivity index (χ0n) is 15.8. The van der Waals surface area contributed by atoms with Gasteiger partial charge in [-0.1, -0.05) is 19.0 Å². The van der Waals surface area contributed by atoms with Crippen LogP contribution in [0.1, 0.15) is 54.7 Å². The summed E-state index contributed by atoms with van der Waals surface area (Å²) < 4.78 is 42.6. The second-order valence-electron chi connectivity index (χ2n) is 7.42. The molecule has 28 heavy (non-hydrogen) atoms. The van der Waals surface area contributed by atoms with Gasteiger partial charge >= 0.3 is 0 Å². The number of nitrogens with two attached hydrogens (primary N) is 1. The van der Waals surface area contributed by atoms with E-state index in [0.29, 0.717) is 43.6 Å². The molecule has 2 N–H and O–H groups in total. The summed E-state index contributed by atoms with van der Waals surface area (Å²) in [4.78, 5) is 18.4. The van der Waals surface area contributed by atoms with Gasteiger partial charge in [0.15, 0.2) is 5.82 Å². The molecule has 0 radical (unpaired) electrons. The normalized spacial score (nSPS) is 17.9. The summed E-state index contributed by atoms with van der Waals surface area (Å²) >= 11 is 0. The number of aromatic nitrogens is 2. The van der Waals surface area contributed by atoms with Crippen molar-refractivity contribution in [3.63, 3.8) is 0 Å². The van der Waals surface area contributed by atoms with E-state index in [1.54, 1.807) is 0 Å². The fourth-order valence-electron chi connectivity index (χ4n) is 3.26. The molecule has 0 aliphatic carbocycles. The highest BCUT2D eigenvalue weighted by Gasteiger charge is 2.30. The molecule has 8 nitrogen and oxygen atoms in total. The van der Waals surface area contributed by atoms with E-state index in [-0.39, 0.29) is 16.4 Å². The molecule has 1 aliphatic rings. The molecule has 1 fully saturated rings. The Labute approximate surface area is 163 Å². The number of nitrogens with zero attached hydrogens (tertiary/aromatic N) is 3. The Hall–Kier alpha value is -2.33. The molecule has 3 rings (SSSR count). The standard InChI is InChI=1S/C18H23FN4O4S/c1-11(2)8-16-21-17(27-22-16)12-4-3-7-23(10-12)18(24)14-9-13(28(20,25)26)5-6-15(14)19/h5-6,9,11-12H,3-4,7-8,10H2,1-2H3,(H2,20,25,26). The molecule has 1 amide bonds. The minimum absolute atomic E-state index is 0.143. The van der Waals surface area contributed by atoms with Crippen LogP contribution in [-0.2, 0) is 16.4 Å². The van der Waals surface area contributed by atoms with Gasteiger partial charge < -0.3 is 9.42 Å². The highest BCUT2D eigenvalue weighted by Crippen LogP contribution is 2.28. The Morgan fingerprint density at radius 1 is 1.43 bits per heavy atom. The molecule has 1 aromatic carbocycles. The largest absolute Gasteiger partial charge is 0.339 e. The third-order valence-corrected chi connectivity index (χ3v) is 5.54. The van der Waals surface area contributed by atoms with Crippen molar-refractivity contribution in [2.45, 2.75) is 43.9 Å². The molecule has 0 bridgehead atoms. The smallest absolute Gasteiger partial charge is 0.256 e. The van der Waals surface area contributed by atoms with E-state index in [2.05, 4.69) is 24.0 Å². The molecule has 1 unspecified atom stereocenters. The Kier molecular flexibility index (Phi) is 5.80. The van der Waals surface area contributed by atoms with Crippen molar-refractivity contribution in [3.8, 4) is 0 Å². The summed E-state index contributed by atoms with van der Waals surface area (Å²) in [5.74, 6) is -0.0436. The molecular weight excluding hydrogens is 387 g/mol. The maximum Gasteiger partial charge on any atom is 0.256 e. The van der Waals surface area contributed by atoms with E-state index in [9.17, 15) is 17.6 Å². The van der Waals surface area contributed by atoms with Gasteiger partial charge in [0.1, 0.15) is 5.82 Å².